The van der Waals surface area contributed by atoms with E-state index in [1.165, 1.54) is 6.08 Å². The summed E-state index contributed by atoms with van der Waals surface area (Å²) in [7, 11) is 0. The highest BCUT2D eigenvalue weighted by molar-refractivity contribution is 6.01. The van der Waals surface area contributed by atoms with E-state index in [1.54, 1.807) is 6.08 Å². The van der Waals surface area contributed by atoms with Crippen molar-refractivity contribution in [2.24, 2.45) is 5.92 Å². The van der Waals surface area contributed by atoms with Crippen LogP contribution in [0, 0.1) is 12.8 Å². The lowest BCUT2D eigenvalue weighted by Gasteiger charge is -2.18. The number of carbonyl (C=O) groups is 2. The van der Waals surface area contributed by atoms with E-state index in [0.717, 1.165) is 11.1 Å². The Morgan fingerprint density at radius 2 is 1.81 bits per heavy atom. The van der Waals surface area contributed by atoms with E-state index in [2.05, 4.69) is 0 Å². The molecule has 0 heterocycles. The van der Waals surface area contributed by atoms with Gasteiger partial charge in [-0.25, -0.2) is 4.79 Å². The first-order chi connectivity index (χ1) is 9.60. The van der Waals surface area contributed by atoms with Gasteiger partial charge in [0.25, 0.3) is 0 Å². The third kappa shape index (κ3) is 5.54. The lowest BCUT2D eigenvalue weighted by atomic mass is 9.95. The van der Waals surface area contributed by atoms with E-state index < -0.39 is 11.6 Å². The minimum absolute atomic E-state index is 0.0684. The summed E-state index contributed by atoms with van der Waals surface area (Å²) < 4.78 is 5.23. The summed E-state index contributed by atoms with van der Waals surface area (Å²) in [6.07, 6.45) is 3.02. The van der Waals surface area contributed by atoms with Gasteiger partial charge in [-0.15, -0.1) is 0 Å². The van der Waals surface area contributed by atoms with Gasteiger partial charge in [0.05, 0.1) is 0 Å². The van der Waals surface area contributed by atoms with Gasteiger partial charge in [-0.05, 0) is 39.3 Å². The quantitative estimate of drug-likeness (QED) is 0.474. The molecule has 0 bridgehead atoms. The van der Waals surface area contributed by atoms with Crippen molar-refractivity contribution in [1.82, 2.24) is 0 Å². The van der Waals surface area contributed by atoms with Gasteiger partial charge >= 0.3 is 5.97 Å². The van der Waals surface area contributed by atoms with Gasteiger partial charge in [0.15, 0.2) is 5.78 Å². The van der Waals surface area contributed by atoms with Gasteiger partial charge in [0.1, 0.15) is 5.60 Å². The number of rotatable bonds is 4. The predicted molar refractivity (Wildman–Crippen MR) is 85.2 cm³/mol. The number of ether oxygens (including phenoxy) is 1. The first-order valence-corrected chi connectivity index (χ1v) is 7.16. The highest BCUT2D eigenvalue weighted by atomic mass is 16.6. The molecule has 0 aromatic heterocycles. The molecule has 0 unspecified atom stereocenters. The number of Topliss-reactive ketones (excluding diaryl/α,β-unsaturated/α-hetero) is 1. The van der Waals surface area contributed by atoms with E-state index in [0.29, 0.717) is 5.56 Å². The summed E-state index contributed by atoms with van der Waals surface area (Å²) in [5.74, 6) is -0.424. The van der Waals surface area contributed by atoms with Crippen LogP contribution in [0.4, 0.5) is 0 Å². The van der Waals surface area contributed by atoms with Crippen molar-refractivity contribution >= 4 is 17.8 Å². The van der Waals surface area contributed by atoms with Crippen LogP contribution in [0.3, 0.4) is 0 Å². The summed E-state index contributed by atoms with van der Waals surface area (Å²) >= 11 is 0. The van der Waals surface area contributed by atoms with Crippen LogP contribution in [0.2, 0.25) is 0 Å². The molecule has 0 aliphatic rings. The van der Waals surface area contributed by atoms with Crippen LogP contribution in [0.5, 0.6) is 0 Å². The van der Waals surface area contributed by atoms with Crippen molar-refractivity contribution in [3.63, 3.8) is 0 Å². The molecule has 0 saturated heterocycles. The van der Waals surface area contributed by atoms with Gasteiger partial charge in [-0.1, -0.05) is 37.6 Å². The summed E-state index contributed by atoms with van der Waals surface area (Å²) in [5.41, 5.74) is 1.90. The smallest absolute Gasteiger partial charge is 0.331 e. The molecule has 0 radical (unpaired) electrons. The summed E-state index contributed by atoms with van der Waals surface area (Å²) in [4.78, 5) is 23.9. The van der Waals surface area contributed by atoms with Crippen molar-refractivity contribution in [2.45, 2.75) is 47.1 Å². The molecule has 0 amide bonds. The monoisotopic (exact) mass is 288 g/mol. The zero-order valence-corrected chi connectivity index (χ0v) is 13.7. The Hall–Kier alpha value is -1.90. The molecule has 21 heavy (non-hydrogen) atoms. The van der Waals surface area contributed by atoms with E-state index in [-0.39, 0.29) is 11.7 Å². The number of hydrogen-bond donors (Lipinski definition) is 0. The van der Waals surface area contributed by atoms with Crippen LogP contribution in [0.1, 0.15) is 56.1 Å². The maximum absolute atomic E-state index is 12.2. The Bertz CT molecular complexity index is 560. The summed E-state index contributed by atoms with van der Waals surface area (Å²) in [6, 6.07) is 5.61. The van der Waals surface area contributed by atoms with E-state index in [1.807, 2.05) is 59.7 Å². The fourth-order valence-electron chi connectivity index (χ4n) is 1.85. The SMILES string of the molecule is Cc1ccc(C(=O)C(C)C)c(/C=C/C(=O)OC(C)(C)C)c1. The number of esters is 1. The minimum atomic E-state index is -0.523. The molecule has 1 aromatic carbocycles. The number of carbonyl (C=O) groups excluding carboxylic acids is 2. The maximum Gasteiger partial charge on any atom is 0.331 e. The number of ketones is 1. The molecule has 1 rings (SSSR count). The molecule has 114 valence electrons. The number of aryl methyl sites for hydroxylation is 1. The predicted octanol–water partition coefficient (Wildman–Crippen LogP) is 4.19. The average molecular weight is 288 g/mol. The summed E-state index contributed by atoms with van der Waals surface area (Å²) in [5, 5.41) is 0. The summed E-state index contributed by atoms with van der Waals surface area (Å²) in [6.45, 7) is 11.1. The molecule has 0 spiro atoms. The fraction of sp³-hybridized carbons (Fsp3) is 0.444. The van der Waals surface area contributed by atoms with Crippen molar-refractivity contribution in [3.05, 3.63) is 41.0 Å². The Morgan fingerprint density at radius 1 is 1.19 bits per heavy atom. The lowest BCUT2D eigenvalue weighted by Crippen LogP contribution is -2.22. The average Bonchev–Trinajstić information content (AvgIpc) is 2.33. The van der Waals surface area contributed by atoms with Gasteiger partial charge in [-0.2, -0.15) is 0 Å². The van der Waals surface area contributed by atoms with Crippen LogP contribution < -0.4 is 0 Å². The van der Waals surface area contributed by atoms with E-state index >= 15 is 0 Å². The maximum atomic E-state index is 12.2. The number of benzene rings is 1. The van der Waals surface area contributed by atoms with Gasteiger partial charge in [0, 0.05) is 17.6 Å². The normalized spacial score (nSPS) is 12.0. The second-order valence-electron chi connectivity index (χ2n) is 6.48. The van der Waals surface area contributed by atoms with Crippen molar-refractivity contribution < 1.29 is 14.3 Å². The Labute approximate surface area is 127 Å². The first-order valence-electron chi connectivity index (χ1n) is 7.16. The molecule has 3 nitrogen and oxygen atoms in total. The second-order valence-corrected chi connectivity index (χ2v) is 6.48. The third-order valence-corrected chi connectivity index (χ3v) is 2.80. The Morgan fingerprint density at radius 3 is 2.33 bits per heavy atom. The molecule has 0 saturated carbocycles. The topological polar surface area (TPSA) is 43.4 Å². The van der Waals surface area contributed by atoms with Crippen LogP contribution in [0.25, 0.3) is 6.08 Å². The minimum Gasteiger partial charge on any atom is -0.457 e. The molecule has 0 aliphatic carbocycles. The standard InChI is InChI=1S/C18H24O3/c1-12(2)17(20)15-9-7-13(3)11-14(15)8-10-16(19)21-18(4,5)6/h7-12H,1-6H3/b10-8+. The van der Waals surface area contributed by atoms with Crippen LogP contribution in [-0.2, 0) is 9.53 Å². The molecule has 0 aliphatic heterocycles. The Balaban J connectivity index is 3.04. The molecule has 0 fully saturated rings. The highest BCUT2D eigenvalue weighted by Crippen LogP contribution is 2.18. The van der Waals surface area contributed by atoms with E-state index in [4.69, 9.17) is 4.74 Å². The zero-order valence-electron chi connectivity index (χ0n) is 13.7. The highest BCUT2D eigenvalue weighted by Gasteiger charge is 2.16. The molecular formula is C18H24O3. The lowest BCUT2D eigenvalue weighted by molar-refractivity contribution is -0.148. The molecular weight excluding hydrogens is 264 g/mol. The second kappa shape index (κ2) is 6.70. The largest absolute Gasteiger partial charge is 0.457 e. The third-order valence-electron chi connectivity index (χ3n) is 2.80. The fourth-order valence-corrected chi connectivity index (χ4v) is 1.85. The molecule has 0 N–H and O–H groups in total. The van der Waals surface area contributed by atoms with Crippen molar-refractivity contribution in [3.8, 4) is 0 Å². The molecule has 1 aromatic rings. The van der Waals surface area contributed by atoms with Crippen molar-refractivity contribution in [2.75, 3.05) is 0 Å². The van der Waals surface area contributed by atoms with Crippen LogP contribution >= 0.6 is 0 Å². The number of hydrogen-bond acceptors (Lipinski definition) is 3. The molecule has 3 heteroatoms. The van der Waals surface area contributed by atoms with Crippen LogP contribution in [0.15, 0.2) is 24.3 Å². The van der Waals surface area contributed by atoms with Crippen LogP contribution in [-0.4, -0.2) is 17.4 Å². The zero-order chi connectivity index (χ0) is 16.2. The Kier molecular flexibility index (Phi) is 5.47. The van der Waals surface area contributed by atoms with Crippen molar-refractivity contribution in [1.29, 1.82) is 0 Å². The van der Waals surface area contributed by atoms with E-state index in [9.17, 15) is 9.59 Å². The first kappa shape index (κ1) is 17.2. The van der Waals surface area contributed by atoms with Gasteiger partial charge in [0.2, 0.25) is 0 Å². The van der Waals surface area contributed by atoms with Gasteiger partial charge < -0.3 is 4.74 Å². The van der Waals surface area contributed by atoms with Gasteiger partial charge in [-0.3, -0.25) is 4.79 Å². The molecule has 0 atom stereocenters.